The Bertz CT molecular complexity index is 723. The molecule has 0 saturated heterocycles. The molecule has 1 aliphatic carbocycles. The van der Waals surface area contributed by atoms with Gasteiger partial charge in [-0.3, -0.25) is 4.79 Å². The van der Waals surface area contributed by atoms with E-state index in [1.807, 2.05) is 25.1 Å². The quantitative estimate of drug-likeness (QED) is 0.845. The summed E-state index contributed by atoms with van der Waals surface area (Å²) in [6.07, 6.45) is 4.16. The Kier molecular flexibility index (Phi) is 3.06. The summed E-state index contributed by atoms with van der Waals surface area (Å²) in [5, 5.41) is 0. The first kappa shape index (κ1) is 13.6. The zero-order valence-corrected chi connectivity index (χ0v) is 12.5. The lowest BCUT2D eigenvalue weighted by molar-refractivity contribution is -0.120. The Hall–Kier alpha value is -2.10. The molecular weight excluding hydrogens is 281 g/mol. The highest BCUT2D eigenvalue weighted by atomic mass is 19.1. The average Bonchev–Trinajstić information content (AvgIpc) is 3.10. The van der Waals surface area contributed by atoms with Crippen LogP contribution in [-0.2, 0) is 11.2 Å². The third-order valence-electron chi connectivity index (χ3n) is 4.67. The van der Waals surface area contributed by atoms with Crippen molar-refractivity contribution in [2.45, 2.75) is 32.1 Å². The second kappa shape index (κ2) is 4.97. The van der Waals surface area contributed by atoms with Crippen LogP contribution in [0.2, 0.25) is 0 Å². The number of fused-ring (bicyclic) bond motifs is 1. The highest BCUT2D eigenvalue weighted by molar-refractivity contribution is 5.98. The minimum absolute atomic E-state index is 0.0325. The third-order valence-corrected chi connectivity index (χ3v) is 4.67. The fourth-order valence-corrected chi connectivity index (χ4v) is 3.54. The van der Waals surface area contributed by atoms with Crippen LogP contribution in [0.5, 0.6) is 0 Å². The molecule has 0 bridgehead atoms. The number of hydrogen-bond donors (Lipinski definition) is 0. The van der Waals surface area contributed by atoms with Crippen LogP contribution in [0.1, 0.15) is 35.6 Å². The Morgan fingerprint density at radius 1 is 1.41 bits per heavy atom. The molecule has 1 aromatic heterocycles. The smallest absolute Gasteiger partial charge is 0.230 e. The molecule has 114 valence electrons. The van der Waals surface area contributed by atoms with E-state index >= 15 is 0 Å². The largest absolute Gasteiger partial charge is 0.469 e. The number of aryl methyl sites for hydroxylation is 2. The van der Waals surface area contributed by atoms with Gasteiger partial charge in [0.2, 0.25) is 5.91 Å². The molecule has 2 aliphatic rings. The minimum atomic E-state index is -0.279. The first-order valence-electron chi connectivity index (χ1n) is 7.79. The predicted molar refractivity (Wildman–Crippen MR) is 81.4 cm³/mol. The van der Waals surface area contributed by atoms with Gasteiger partial charge in [0.1, 0.15) is 11.6 Å². The number of halogens is 1. The van der Waals surface area contributed by atoms with Crippen molar-refractivity contribution in [2.24, 2.45) is 5.92 Å². The third kappa shape index (κ3) is 2.14. The van der Waals surface area contributed by atoms with E-state index < -0.39 is 0 Å². The van der Waals surface area contributed by atoms with Gasteiger partial charge in [-0.05, 0) is 55.5 Å². The van der Waals surface area contributed by atoms with Gasteiger partial charge >= 0.3 is 0 Å². The number of furan rings is 1. The second-order valence-corrected chi connectivity index (χ2v) is 6.31. The number of rotatable bonds is 2. The van der Waals surface area contributed by atoms with E-state index in [9.17, 15) is 9.18 Å². The number of carbonyl (C=O) groups excluding carboxylic acids is 1. The van der Waals surface area contributed by atoms with Crippen LogP contribution in [0.3, 0.4) is 0 Å². The van der Waals surface area contributed by atoms with E-state index in [0.717, 1.165) is 36.1 Å². The van der Waals surface area contributed by atoms with Gasteiger partial charge in [-0.2, -0.15) is 0 Å². The lowest BCUT2D eigenvalue weighted by atomic mass is 9.98. The number of anilines is 1. The molecule has 1 fully saturated rings. The first-order chi connectivity index (χ1) is 10.6. The summed E-state index contributed by atoms with van der Waals surface area (Å²) in [4.78, 5) is 14.4. The molecule has 2 atom stereocenters. The van der Waals surface area contributed by atoms with Gasteiger partial charge in [0.15, 0.2) is 0 Å². The van der Waals surface area contributed by atoms with E-state index in [1.54, 1.807) is 11.2 Å². The molecule has 2 heterocycles. The monoisotopic (exact) mass is 299 g/mol. The number of nitrogens with zero attached hydrogens (tertiary/aromatic N) is 1. The van der Waals surface area contributed by atoms with Crippen molar-refractivity contribution in [3.05, 3.63) is 53.2 Å². The maximum absolute atomic E-state index is 14.4. The van der Waals surface area contributed by atoms with E-state index in [0.29, 0.717) is 12.2 Å². The lowest BCUT2D eigenvalue weighted by Gasteiger charge is -2.30. The number of carbonyl (C=O) groups is 1. The van der Waals surface area contributed by atoms with Crippen molar-refractivity contribution < 1.29 is 13.6 Å². The maximum Gasteiger partial charge on any atom is 0.230 e. The highest BCUT2D eigenvalue weighted by Gasteiger charge is 2.48. The molecule has 22 heavy (non-hydrogen) atoms. The second-order valence-electron chi connectivity index (χ2n) is 6.31. The van der Waals surface area contributed by atoms with Crippen LogP contribution in [0.25, 0.3) is 0 Å². The number of amides is 1. The molecule has 3 nitrogen and oxygen atoms in total. The molecule has 1 saturated carbocycles. The molecule has 1 aliphatic heterocycles. The SMILES string of the molecule is Cc1cc(F)c2c(c1)CCCN2C(=O)C1CC1c1ccco1. The summed E-state index contributed by atoms with van der Waals surface area (Å²) in [7, 11) is 0. The molecule has 0 N–H and O–H groups in total. The summed E-state index contributed by atoms with van der Waals surface area (Å²) in [6, 6.07) is 7.26. The Morgan fingerprint density at radius 3 is 3.05 bits per heavy atom. The Labute approximate surface area is 128 Å². The van der Waals surface area contributed by atoms with Gasteiger partial charge in [-0.1, -0.05) is 6.07 Å². The normalized spacial score (nSPS) is 23.3. The average molecular weight is 299 g/mol. The van der Waals surface area contributed by atoms with E-state index in [2.05, 4.69) is 0 Å². The van der Waals surface area contributed by atoms with Gasteiger partial charge in [0, 0.05) is 18.4 Å². The van der Waals surface area contributed by atoms with Crippen molar-refractivity contribution in [1.82, 2.24) is 0 Å². The Balaban J connectivity index is 1.61. The van der Waals surface area contributed by atoms with Gasteiger partial charge in [-0.15, -0.1) is 0 Å². The molecule has 1 aromatic carbocycles. The molecule has 1 amide bonds. The van der Waals surface area contributed by atoms with E-state index in [4.69, 9.17) is 4.42 Å². The molecule has 2 aromatic rings. The summed E-state index contributed by atoms with van der Waals surface area (Å²) >= 11 is 0. The van der Waals surface area contributed by atoms with Crippen molar-refractivity contribution >= 4 is 11.6 Å². The van der Waals surface area contributed by atoms with Crippen molar-refractivity contribution in [3.8, 4) is 0 Å². The molecule has 4 heteroatoms. The number of hydrogen-bond acceptors (Lipinski definition) is 2. The van der Waals surface area contributed by atoms with Crippen LogP contribution in [-0.4, -0.2) is 12.5 Å². The van der Waals surface area contributed by atoms with Crippen molar-refractivity contribution in [2.75, 3.05) is 11.4 Å². The molecule has 4 rings (SSSR count). The van der Waals surface area contributed by atoms with Crippen LogP contribution >= 0.6 is 0 Å². The van der Waals surface area contributed by atoms with Gasteiger partial charge < -0.3 is 9.32 Å². The van der Waals surface area contributed by atoms with Crippen LogP contribution in [0.4, 0.5) is 10.1 Å². The van der Waals surface area contributed by atoms with Crippen molar-refractivity contribution in [3.63, 3.8) is 0 Å². The van der Waals surface area contributed by atoms with Gasteiger partial charge in [0.05, 0.1) is 12.0 Å². The zero-order valence-electron chi connectivity index (χ0n) is 12.5. The molecule has 0 radical (unpaired) electrons. The fraction of sp³-hybridized carbons (Fsp3) is 0.389. The van der Waals surface area contributed by atoms with E-state index in [1.165, 1.54) is 6.07 Å². The molecule has 0 spiro atoms. The fourth-order valence-electron chi connectivity index (χ4n) is 3.54. The van der Waals surface area contributed by atoms with Gasteiger partial charge in [0.25, 0.3) is 0 Å². The summed E-state index contributed by atoms with van der Waals surface area (Å²) in [5.41, 5.74) is 2.35. The number of benzene rings is 1. The Morgan fingerprint density at radius 2 is 2.27 bits per heavy atom. The molecule has 2 unspecified atom stereocenters. The molecular formula is C18H18FNO2. The van der Waals surface area contributed by atoms with Crippen LogP contribution in [0, 0.1) is 18.7 Å². The lowest BCUT2D eigenvalue weighted by Crippen LogP contribution is -2.37. The van der Waals surface area contributed by atoms with Gasteiger partial charge in [-0.25, -0.2) is 4.39 Å². The summed E-state index contributed by atoms with van der Waals surface area (Å²) in [6.45, 7) is 2.49. The zero-order chi connectivity index (χ0) is 15.3. The minimum Gasteiger partial charge on any atom is -0.469 e. The van der Waals surface area contributed by atoms with E-state index in [-0.39, 0.29) is 23.6 Å². The summed E-state index contributed by atoms with van der Waals surface area (Å²) in [5.74, 6) is 0.697. The van der Waals surface area contributed by atoms with Crippen molar-refractivity contribution in [1.29, 1.82) is 0 Å². The highest BCUT2D eigenvalue weighted by Crippen LogP contribution is 2.49. The van der Waals surface area contributed by atoms with Crippen LogP contribution in [0.15, 0.2) is 34.9 Å². The first-order valence-corrected chi connectivity index (χ1v) is 7.79. The summed E-state index contributed by atoms with van der Waals surface area (Å²) < 4.78 is 19.8. The van der Waals surface area contributed by atoms with Crippen LogP contribution < -0.4 is 4.90 Å². The topological polar surface area (TPSA) is 33.5 Å². The maximum atomic E-state index is 14.4. The predicted octanol–water partition coefficient (Wildman–Crippen LogP) is 3.81. The standard InChI is InChI=1S/C18H18FNO2/c1-11-8-12-4-2-6-20(17(12)15(19)9-11)18(21)14-10-13(14)16-5-3-7-22-16/h3,5,7-9,13-14H,2,4,6,10H2,1H3.